The second-order valence-corrected chi connectivity index (χ2v) is 6.77. The molecule has 0 amide bonds. The van der Waals surface area contributed by atoms with E-state index in [4.69, 9.17) is 4.74 Å². The maximum absolute atomic E-state index is 13.0. The third kappa shape index (κ3) is 3.69. The Kier molecular flexibility index (Phi) is 4.94. The van der Waals surface area contributed by atoms with E-state index in [1.165, 1.54) is 24.6 Å². The number of rotatable bonds is 6. The van der Waals surface area contributed by atoms with Gasteiger partial charge in [-0.25, -0.2) is 13.8 Å². The fraction of sp³-hybridized carbons (Fsp3) is 0.250. The maximum Gasteiger partial charge on any atom is 0.340 e. The number of ether oxygens (including phenoxy) is 1. The average Bonchev–Trinajstić information content (AvgIpc) is 3.04. The first-order valence-electron chi connectivity index (χ1n) is 7.35. The van der Waals surface area contributed by atoms with Crippen molar-refractivity contribution in [1.82, 2.24) is 15.0 Å². The fourth-order valence-corrected chi connectivity index (χ4v) is 2.93. The summed E-state index contributed by atoms with van der Waals surface area (Å²) in [6.07, 6.45) is -0.997. The average molecular weight is 387 g/mol. The number of hydrogen-bond acceptors (Lipinski definition) is 4. The van der Waals surface area contributed by atoms with Gasteiger partial charge in [-0.05, 0) is 18.2 Å². The van der Waals surface area contributed by atoms with Gasteiger partial charge in [0.1, 0.15) is 17.0 Å². The van der Waals surface area contributed by atoms with Gasteiger partial charge in [0.15, 0.2) is 12.4 Å². The highest BCUT2D eigenvalue weighted by molar-refractivity contribution is 7.84. The molecule has 1 atom stereocenters. The Balaban J connectivity index is 1.90. The minimum atomic E-state index is -4.25. The monoisotopic (exact) mass is 387 g/mol. The van der Waals surface area contributed by atoms with Crippen molar-refractivity contribution in [3.63, 3.8) is 0 Å². The van der Waals surface area contributed by atoms with Crippen LogP contribution in [-0.4, -0.2) is 44.4 Å². The summed E-state index contributed by atoms with van der Waals surface area (Å²) in [6.45, 7) is -1.45. The zero-order valence-corrected chi connectivity index (χ0v) is 14.2. The van der Waals surface area contributed by atoms with Gasteiger partial charge in [-0.15, -0.1) is 0 Å². The molecular formula is C16H13F4N3O2S. The number of benzene rings is 1. The van der Waals surface area contributed by atoms with E-state index < -0.39 is 29.8 Å². The molecule has 10 heteroatoms. The molecule has 0 aliphatic heterocycles. The van der Waals surface area contributed by atoms with Crippen LogP contribution in [0.4, 0.5) is 17.6 Å². The highest BCUT2D eigenvalue weighted by Gasteiger charge is 2.41. The van der Waals surface area contributed by atoms with Crippen LogP contribution in [0.25, 0.3) is 22.6 Å². The van der Waals surface area contributed by atoms with Gasteiger partial charge >= 0.3 is 12.3 Å². The molecule has 0 fully saturated rings. The van der Waals surface area contributed by atoms with Crippen LogP contribution in [0.5, 0.6) is 5.75 Å². The Bertz CT molecular complexity index is 962. The molecule has 2 aromatic heterocycles. The van der Waals surface area contributed by atoms with E-state index >= 15 is 0 Å². The molecule has 0 radical (unpaired) electrons. The summed E-state index contributed by atoms with van der Waals surface area (Å²) in [5.74, 6) is -3.98. The number of aromatic amines is 1. The number of H-pyrrole nitrogens is 1. The lowest BCUT2D eigenvalue weighted by molar-refractivity contribution is -0.148. The van der Waals surface area contributed by atoms with Crippen LogP contribution < -0.4 is 4.74 Å². The van der Waals surface area contributed by atoms with Crippen molar-refractivity contribution in [2.75, 3.05) is 12.9 Å². The van der Waals surface area contributed by atoms with Gasteiger partial charge in [0, 0.05) is 18.5 Å². The predicted octanol–water partition coefficient (Wildman–Crippen LogP) is 3.64. The molecule has 138 valence electrons. The number of nitrogens with one attached hydrogen (secondary N) is 1. The molecule has 3 aromatic rings. The van der Waals surface area contributed by atoms with Crippen molar-refractivity contribution in [2.45, 2.75) is 17.2 Å². The first-order chi connectivity index (χ1) is 12.3. The first kappa shape index (κ1) is 18.3. The highest BCUT2D eigenvalue weighted by atomic mass is 32.2. The Morgan fingerprint density at radius 3 is 2.77 bits per heavy atom. The minimum absolute atomic E-state index is 0.0462. The lowest BCUT2D eigenvalue weighted by Crippen LogP contribution is -2.33. The van der Waals surface area contributed by atoms with Crippen LogP contribution in [-0.2, 0) is 10.8 Å². The molecule has 0 bridgehead atoms. The van der Waals surface area contributed by atoms with Gasteiger partial charge < -0.3 is 9.72 Å². The molecule has 5 nitrogen and oxygen atoms in total. The van der Waals surface area contributed by atoms with Crippen molar-refractivity contribution in [3.8, 4) is 17.3 Å². The predicted molar refractivity (Wildman–Crippen MR) is 88.1 cm³/mol. The van der Waals surface area contributed by atoms with Crippen molar-refractivity contribution in [2.24, 2.45) is 0 Å². The minimum Gasteiger partial charge on any atom is -0.487 e. The Morgan fingerprint density at radius 2 is 2.08 bits per heavy atom. The molecule has 0 aliphatic rings. The summed E-state index contributed by atoms with van der Waals surface area (Å²) in [6, 6.07) is 7.73. The lowest BCUT2D eigenvalue weighted by atomic mass is 10.3. The molecule has 1 N–H and O–H groups in total. The lowest BCUT2D eigenvalue weighted by Gasteiger charge is -2.15. The molecule has 0 aliphatic carbocycles. The standard InChI is InChI=1S/C16H13F4N3O2S/c1-26(24)12-4-2-3-10-13(12)23-14(22-10)11-7-9(5-6-21-11)25-8-16(19,20)15(17)18/h2-7,15H,8H2,1H3,(H,22,23). The van der Waals surface area contributed by atoms with Gasteiger partial charge in [0.25, 0.3) is 0 Å². The number of halogens is 4. The Labute approximate surface area is 147 Å². The van der Waals surface area contributed by atoms with Gasteiger partial charge in [0.05, 0.1) is 21.2 Å². The van der Waals surface area contributed by atoms with Crippen LogP contribution in [0, 0.1) is 0 Å². The Morgan fingerprint density at radius 1 is 1.31 bits per heavy atom. The van der Waals surface area contributed by atoms with E-state index in [-0.39, 0.29) is 11.4 Å². The number of imidazole rings is 1. The van der Waals surface area contributed by atoms with Crippen LogP contribution in [0.3, 0.4) is 0 Å². The molecule has 0 saturated carbocycles. The molecule has 1 unspecified atom stereocenters. The summed E-state index contributed by atoms with van der Waals surface area (Å²) < 4.78 is 66.9. The van der Waals surface area contributed by atoms with Crippen LogP contribution in [0.2, 0.25) is 0 Å². The number of aromatic nitrogens is 3. The van der Waals surface area contributed by atoms with Crippen molar-refractivity contribution >= 4 is 21.8 Å². The number of nitrogens with zero attached hydrogens (tertiary/aromatic N) is 2. The van der Waals surface area contributed by atoms with Gasteiger partial charge in [-0.1, -0.05) is 6.07 Å². The SMILES string of the molecule is CS(=O)c1cccc2[nH]c(-c3cc(OCC(F)(F)C(F)F)ccn3)nc12. The number of alkyl halides is 4. The molecule has 0 saturated heterocycles. The number of para-hydroxylation sites is 1. The first-order valence-corrected chi connectivity index (χ1v) is 8.91. The molecular weight excluding hydrogens is 374 g/mol. The summed E-state index contributed by atoms with van der Waals surface area (Å²) in [5, 5.41) is 0. The van der Waals surface area contributed by atoms with Crippen LogP contribution in [0.15, 0.2) is 41.4 Å². The van der Waals surface area contributed by atoms with Gasteiger partial charge in [-0.3, -0.25) is 9.19 Å². The zero-order chi connectivity index (χ0) is 18.9. The van der Waals surface area contributed by atoms with E-state index in [1.54, 1.807) is 18.2 Å². The quantitative estimate of drug-likeness (QED) is 0.656. The second-order valence-electron chi connectivity index (χ2n) is 5.42. The molecule has 1 aromatic carbocycles. The number of pyridine rings is 1. The van der Waals surface area contributed by atoms with Gasteiger partial charge in [-0.2, -0.15) is 8.78 Å². The zero-order valence-electron chi connectivity index (χ0n) is 13.4. The van der Waals surface area contributed by atoms with Crippen LogP contribution in [0.1, 0.15) is 0 Å². The fourth-order valence-electron chi connectivity index (χ4n) is 2.23. The molecule has 3 rings (SSSR count). The molecule has 0 spiro atoms. The summed E-state index contributed by atoms with van der Waals surface area (Å²) >= 11 is 0. The van der Waals surface area contributed by atoms with E-state index in [2.05, 4.69) is 15.0 Å². The molecule has 26 heavy (non-hydrogen) atoms. The van der Waals surface area contributed by atoms with E-state index in [1.807, 2.05) is 0 Å². The summed E-state index contributed by atoms with van der Waals surface area (Å²) in [5.41, 5.74) is 1.40. The number of fused-ring (bicyclic) bond motifs is 1. The van der Waals surface area contributed by atoms with Crippen molar-refractivity contribution < 1.29 is 26.5 Å². The van der Waals surface area contributed by atoms with E-state index in [9.17, 15) is 21.8 Å². The van der Waals surface area contributed by atoms with E-state index in [0.717, 1.165) is 0 Å². The maximum atomic E-state index is 13.0. The Hall–Kier alpha value is -2.49. The van der Waals surface area contributed by atoms with E-state index in [0.29, 0.717) is 21.8 Å². The second kappa shape index (κ2) is 7.02. The summed E-state index contributed by atoms with van der Waals surface area (Å²) in [4.78, 5) is 12.0. The van der Waals surface area contributed by atoms with Crippen molar-refractivity contribution in [1.29, 1.82) is 0 Å². The topological polar surface area (TPSA) is 67.9 Å². The summed E-state index contributed by atoms with van der Waals surface area (Å²) in [7, 11) is -1.25. The number of hydrogen-bond donors (Lipinski definition) is 1. The van der Waals surface area contributed by atoms with Crippen LogP contribution >= 0.6 is 0 Å². The third-order valence-electron chi connectivity index (χ3n) is 3.51. The normalized spacial score (nSPS) is 13.3. The van der Waals surface area contributed by atoms with Gasteiger partial charge in [0.2, 0.25) is 0 Å². The smallest absolute Gasteiger partial charge is 0.340 e. The largest absolute Gasteiger partial charge is 0.487 e. The molecule has 2 heterocycles. The van der Waals surface area contributed by atoms with Crippen molar-refractivity contribution in [3.05, 3.63) is 36.5 Å². The third-order valence-corrected chi connectivity index (χ3v) is 4.46. The highest BCUT2D eigenvalue weighted by Crippen LogP contribution is 2.27.